The molecule has 0 atom stereocenters. The summed E-state index contributed by atoms with van der Waals surface area (Å²) in [6, 6.07) is 17.6. The minimum atomic E-state index is -1.01. The van der Waals surface area contributed by atoms with E-state index in [9.17, 15) is 9.59 Å². The van der Waals surface area contributed by atoms with Gasteiger partial charge in [0.2, 0.25) is 0 Å². The number of thioether (sulfide) groups is 1. The number of ether oxygens (including phenoxy) is 2. The zero-order chi connectivity index (χ0) is 25.8. The van der Waals surface area contributed by atoms with Gasteiger partial charge >= 0.3 is 5.97 Å². The average molecular weight is 523 g/mol. The van der Waals surface area contributed by atoms with Crippen LogP contribution in [0.15, 0.2) is 70.6 Å². The minimum absolute atomic E-state index is 0.167. The lowest BCUT2D eigenvalue weighted by atomic mass is 10.1. The molecule has 1 aliphatic rings. The number of hydrogen-bond donors (Lipinski definition) is 1. The Morgan fingerprint density at radius 1 is 1.17 bits per heavy atom. The van der Waals surface area contributed by atoms with E-state index in [0.29, 0.717) is 44.5 Å². The van der Waals surface area contributed by atoms with Crippen molar-refractivity contribution < 1.29 is 24.2 Å². The van der Waals surface area contributed by atoms with Crippen LogP contribution in [0.4, 0.5) is 5.69 Å². The van der Waals surface area contributed by atoms with Crippen LogP contribution in [0, 0.1) is 6.92 Å². The first-order chi connectivity index (χ1) is 17.2. The zero-order valence-electron chi connectivity index (χ0n) is 19.8. The minimum Gasteiger partial charge on any atom is -0.493 e. The summed E-state index contributed by atoms with van der Waals surface area (Å²) >= 11 is 7.75. The van der Waals surface area contributed by atoms with Crippen LogP contribution in [0.3, 0.4) is 0 Å². The van der Waals surface area contributed by atoms with Crippen LogP contribution in [0.5, 0.6) is 11.5 Å². The molecular formula is C27H23ClN2O5S. The van der Waals surface area contributed by atoms with Gasteiger partial charge in [0.15, 0.2) is 16.7 Å². The average Bonchev–Trinajstić information content (AvgIpc) is 3.11. The lowest BCUT2D eigenvalue weighted by Crippen LogP contribution is -2.23. The van der Waals surface area contributed by atoms with Gasteiger partial charge in [-0.3, -0.25) is 9.69 Å². The maximum atomic E-state index is 12.8. The third kappa shape index (κ3) is 5.72. The Morgan fingerprint density at radius 2 is 1.92 bits per heavy atom. The highest BCUT2D eigenvalue weighted by Crippen LogP contribution is 2.39. The maximum Gasteiger partial charge on any atom is 0.335 e. The van der Waals surface area contributed by atoms with Gasteiger partial charge in [-0.15, -0.1) is 0 Å². The van der Waals surface area contributed by atoms with E-state index in [0.717, 1.165) is 11.1 Å². The van der Waals surface area contributed by atoms with Gasteiger partial charge in [-0.25, -0.2) is 9.79 Å². The third-order valence-electron chi connectivity index (χ3n) is 5.36. The fourth-order valence-corrected chi connectivity index (χ4v) is 4.77. The van der Waals surface area contributed by atoms with E-state index in [2.05, 4.69) is 4.99 Å². The van der Waals surface area contributed by atoms with E-state index in [1.807, 2.05) is 31.2 Å². The molecule has 1 N–H and O–H groups in total. The summed E-state index contributed by atoms with van der Waals surface area (Å²) in [4.78, 5) is 30.3. The van der Waals surface area contributed by atoms with Crippen LogP contribution < -0.4 is 9.47 Å². The lowest BCUT2D eigenvalue weighted by molar-refractivity contribution is -0.121. The lowest BCUT2D eigenvalue weighted by Gasteiger charge is -2.14. The fourth-order valence-electron chi connectivity index (χ4n) is 3.51. The second-order valence-electron chi connectivity index (χ2n) is 8.03. The molecule has 1 fully saturated rings. The number of hydrogen-bond acceptors (Lipinski definition) is 6. The number of halogens is 1. The summed E-state index contributed by atoms with van der Waals surface area (Å²) in [5.74, 6) is -0.339. The number of aliphatic imine (C=N–C) groups is 1. The van der Waals surface area contributed by atoms with Crippen LogP contribution in [0.2, 0.25) is 5.02 Å². The third-order valence-corrected chi connectivity index (χ3v) is 6.70. The molecule has 1 aliphatic heterocycles. The topological polar surface area (TPSA) is 88.4 Å². The SMILES string of the molecule is COc1cc(/C=C2\SC(=Nc3ccc(C(=O)O)cc3)N(C)C2=O)cc(Cl)c1OCc1cccc(C)c1. The van der Waals surface area contributed by atoms with E-state index in [-0.39, 0.29) is 11.5 Å². The zero-order valence-corrected chi connectivity index (χ0v) is 21.4. The number of carboxylic acid groups (broad SMARTS) is 1. The number of carbonyl (C=O) groups excluding carboxylic acids is 1. The number of likely N-dealkylation sites (N-methyl/N-ethyl adjacent to an activating group) is 1. The fraction of sp³-hybridized carbons (Fsp3) is 0.148. The van der Waals surface area contributed by atoms with Gasteiger partial charge in [0.05, 0.1) is 28.3 Å². The van der Waals surface area contributed by atoms with Crippen molar-refractivity contribution in [2.45, 2.75) is 13.5 Å². The van der Waals surface area contributed by atoms with E-state index < -0.39 is 5.97 Å². The summed E-state index contributed by atoms with van der Waals surface area (Å²) in [6.45, 7) is 2.36. The summed E-state index contributed by atoms with van der Waals surface area (Å²) in [5.41, 5.74) is 3.54. The molecule has 184 valence electrons. The molecule has 1 saturated heterocycles. The van der Waals surface area contributed by atoms with Crippen molar-refractivity contribution in [1.29, 1.82) is 0 Å². The van der Waals surface area contributed by atoms with Crippen molar-refractivity contribution >= 4 is 52.2 Å². The molecule has 0 saturated carbocycles. The van der Waals surface area contributed by atoms with E-state index in [1.54, 1.807) is 37.4 Å². The van der Waals surface area contributed by atoms with Crippen LogP contribution in [-0.2, 0) is 11.4 Å². The van der Waals surface area contributed by atoms with Crippen LogP contribution >= 0.6 is 23.4 Å². The first-order valence-electron chi connectivity index (χ1n) is 10.9. The number of amidine groups is 1. The van der Waals surface area contributed by atoms with E-state index in [1.165, 1.54) is 35.9 Å². The molecule has 1 heterocycles. The quantitative estimate of drug-likeness (QED) is 0.373. The number of carboxylic acids is 1. The summed E-state index contributed by atoms with van der Waals surface area (Å²) in [5, 5.41) is 9.89. The van der Waals surface area contributed by atoms with Gasteiger partial charge in [-0.1, -0.05) is 41.4 Å². The second kappa shape index (κ2) is 10.9. The smallest absolute Gasteiger partial charge is 0.335 e. The molecule has 9 heteroatoms. The molecule has 0 aliphatic carbocycles. The van der Waals surface area contributed by atoms with Crippen LogP contribution in [0.25, 0.3) is 6.08 Å². The number of nitrogens with zero attached hydrogens (tertiary/aromatic N) is 2. The number of amides is 1. The largest absolute Gasteiger partial charge is 0.493 e. The van der Waals surface area contributed by atoms with Gasteiger partial charge < -0.3 is 14.6 Å². The molecular weight excluding hydrogens is 500 g/mol. The van der Waals surface area contributed by atoms with Gasteiger partial charge in [0.1, 0.15) is 6.61 Å². The predicted octanol–water partition coefficient (Wildman–Crippen LogP) is 6.17. The Bertz CT molecular complexity index is 1390. The molecule has 36 heavy (non-hydrogen) atoms. The Balaban J connectivity index is 1.55. The number of methoxy groups -OCH3 is 1. The van der Waals surface area contributed by atoms with Gasteiger partial charge in [0, 0.05) is 7.05 Å². The van der Waals surface area contributed by atoms with Crippen LogP contribution in [-0.4, -0.2) is 41.2 Å². The number of aryl methyl sites for hydroxylation is 1. The Morgan fingerprint density at radius 3 is 2.58 bits per heavy atom. The second-order valence-corrected chi connectivity index (χ2v) is 9.45. The molecule has 7 nitrogen and oxygen atoms in total. The van der Waals surface area contributed by atoms with Crippen LogP contribution in [0.1, 0.15) is 27.0 Å². The first-order valence-corrected chi connectivity index (χ1v) is 12.1. The standard InChI is InChI=1S/C27H23ClN2O5S/c1-16-5-4-6-17(11-16)15-35-24-21(28)12-18(13-22(24)34-3)14-23-25(31)30(2)27(36-23)29-20-9-7-19(8-10-20)26(32)33/h4-14H,15H2,1-3H3,(H,32,33)/b23-14-,29-27?. The van der Waals surface area contributed by atoms with Crippen molar-refractivity contribution in [2.75, 3.05) is 14.2 Å². The van der Waals surface area contributed by atoms with E-state index in [4.69, 9.17) is 26.2 Å². The Hall–Kier alpha value is -3.75. The van der Waals surface area contributed by atoms with Crippen molar-refractivity contribution in [3.8, 4) is 11.5 Å². The molecule has 3 aromatic carbocycles. The van der Waals surface area contributed by atoms with Crippen molar-refractivity contribution in [2.24, 2.45) is 4.99 Å². The number of carbonyl (C=O) groups is 2. The Labute approximate surface area is 218 Å². The molecule has 3 aromatic rings. The highest BCUT2D eigenvalue weighted by molar-refractivity contribution is 8.18. The van der Waals surface area contributed by atoms with Gasteiger partial charge in [-0.05, 0) is 72.3 Å². The monoisotopic (exact) mass is 522 g/mol. The summed E-state index contributed by atoms with van der Waals surface area (Å²) in [7, 11) is 3.17. The molecule has 0 spiro atoms. The summed E-state index contributed by atoms with van der Waals surface area (Å²) in [6.07, 6.45) is 1.72. The molecule has 0 unspecified atom stereocenters. The van der Waals surface area contributed by atoms with Gasteiger partial charge in [0.25, 0.3) is 5.91 Å². The molecule has 4 rings (SSSR count). The number of aromatic carboxylic acids is 1. The van der Waals surface area contributed by atoms with E-state index >= 15 is 0 Å². The van der Waals surface area contributed by atoms with Crippen molar-refractivity contribution in [3.05, 3.63) is 92.8 Å². The molecule has 0 bridgehead atoms. The molecule has 0 radical (unpaired) electrons. The first kappa shape index (κ1) is 25.3. The van der Waals surface area contributed by atoms with Crippen molar-refractivity contribution in [1.82, 2.24) is 4.90 Å². The molecule has 1 amide bonds. The summed E-state index contributed by atoms with van der Waals surface area (Å²) < 4.78 is 11.5. The predicted molar refractivity (Wildman–Crippen MR) is 142 cm³/mol. The highest BCUT2D eigenvalue weighted by Gasteiger charge is 2.30. The maximum absolute atomic E-state index is 12.8. The molecule has 0 aromatic heterocycles. The van der Waals surface area contributed by atoms with Crippen molar-refractivity contribution in [3.63, 3.8) is 0 Å². The Kier molecular flexibility index (Phi) is 7.67. The highest BCUT2D eigenvalue weighted by atomic mass is 35.5. The number of rotatable bonds is 7. The normalized spacial score (nSPS) is 15.6. The number of benzene rings is 3. The van der Waals surface area contributed by atoms with Gasteiger partial charge in [-0.2, -0.15) is 0 Å².